The minimum atomic E-state index is -0.597. The Balaban J connectivity index is 2.55. The maximum absolute atomic E-state index is 13.1. The van der Waals surface area contributed by atoms with Crippen molar-refractivity contribution in [2.45, 2.75) is 0 Å². The molecule has 0 radical (unpaired) electrons. The molecule has 1 heterocycles. The highest BCUT2D eigenvalue weighted by atomic mass is 19.1. The average Bonchev–Trinajstić information content (AvgIpc) is 2.78. The molecule has 0 saturated heterocycles. The van der Waals surface area contributed by atoms with Crippen molar-refractivity contribution < 1.29 is 9.31 Å². The van der Waals surface area contributed by atoms with Gasteiger partial charge >= 0.3 is 5.69 Å². The molecule has 2 rings (SSSR count). The Hall–Kier alpha value is -2.77. The van der Waals surface area contributed by atoms with Crippen molar-refractivity contribution in [1.29, 1.82) is 5.41 Å². The van der Waals surface area contributed by atoms with E-state index in [-0.39, 0.29) is 17.1 Å². The van der Waals surface area contributed by atoms with E-state index < -0.39 is 10.7 Å². The second-order valence-corrected chi connectivity index (χ2v) is 3.48. The molecule has 0 fully saturated rings. The molecule has 0 aliphatic heterocycles. The summed E-state index contributed by atoms with van der Waals surface area (Å²) in [6, 6.07) is 3.59. The van der Waals surface area contributed by atoms with Crippen LogP contribution in [0.15, 0.2) is 30.6 Å². The van der Waals surface area contributed by atoms with Gasteiger partial charge in [0.05, 0.1) is 10.6 Å². The van der Waals surface area contributed by atoms with Crippen LogP contribution in [0.3, 0.4) is 0 Å². The van der Waals surface area contributed by atoms with E-state index in [2.05, 4.69) is 5.10 Å². The fraction of sp³-hybridized carbons (Fsp3) is 0. The summed E-state index contributed by atoms with van der Waals surface area (Å²) in [7, 11) is 0. The van der Waals surface area contributed by atoms with E-state index in [1.165, 1.54) is 16.9 Å². The molecule has 0 aliphatic rings. The Labute approximate surface area is 100 Å². The predicted octanol–water partition coefficient (Wildman–Crippen LogP) is 1.20. The molecule has 0 atom stereocenters. The Bertz CT molecular complexity index is 637. The molecule has 1 aromatic heterocycles. The Morgan fingerprint density at radius 3 is 2.83 bits per heavy atom. The van der Waals surface area contributed by atoms with Crippen molar-refractivity contribution in [2.24, 2.45) is 5.73 Å². The third-order valence-corrected chi connectivity index (χ3v) is 2.28. The van der Waals surface area contributed by atoms with Gasteiger partial charge in [-0.1, -0.05) is 0 Å². The Morgan fingerprint density at radius 1 is 1.56 bits per heavy atom. The first kappa shape index (κ1) is 11.7. The summed E-state index contributed by atoms with van der Waals surface area (Å²) in [5.74, 6) is -0.895. The standard InChI is InChI=1S/C10H8FN5O2/c11-6-1-2-9(8(3-6)10(12)13)15-5-7(4-14-15)16(17)18/h1-5H,(H3,12,13). The fourth-order valence-corrected chi connectivity index (χ4v) is 1.46. The number of hydrogen-bond acceptors (Lipinski definition) is 4. The van der Waals surface area contributed by atoms with Crippen molar-refractivity contribution in [3.63, 3.8) is 0 Å². The molecule has 18 heavy (non-hydrogen) atoms. The molecule has 1 aromatic carbocycles. The van der Waals surface area contributed by atoms with E-state index in [9.17, 15) is 14.5 Å². The first-order valence-electron chi connectivity index (χ1n) is 4.82. The third kappa shape index (κ3) is 2.03. The summed E-state index contributed by atoms with van der Waals surface area (Å²) in [5.41, 5.74) is 5.55. The lowest BCUT2D eigenvalue weighted by atomic mass is 10.1. The van der Waals surface area contributed by atoms with E-state index >= 15 is 0 Å². The summed E-state index contributed by atoms with van der Waals surface area (Å²) in [6.07, 6.45) is 2.23. The van der Waals surface area contributed by atoms with Crippen LogP contribution in [0.4, 0.5) is 10.1 Å². The van der Waals surface area contributed by atoms with Crippen molar-refractivity contribution in [3.05, 3.63) is 52.1 Å². The minimum Gasteiger partial charge on any atom is -0.384 e. The van der Waals surface area contributed by atoms with Crippen molar-refractivity contribution in [2.75, 3.05) is 0 Å². The van der Waals surface area contributed by atoms with Crippen molar-refractivity contribution in [1.82, 2.24) is 9.78 Å². The van der Waals surface area contributed by atoms with Gasteiger partial charge in [0.1, 0.15) is 24.0 Å². The normalized spacial score (nSPS) is 10.3. The van der Waals surface area contributed by atoms with Gasteiger partial charge in [-0.3, -0.25) is 15.5 Å². The number of amidine groups is 1. The van der Waals surface area contributed by atoms with Crippen LogP contribution in [0.5, 0.6) is 0 Å². The summed E-state index contributed by atoms with van der Waals surface area (Å²) in [5, 5.41) is 21.7. The number of nitrogen functional groups attached to an aromatic ring is 1. The third-order valence-electron chi connectivity index (χ3n) is 2.28. The quantitative estimate of drug-likeness (QED) is 0.368. The van der Waals surface area contributed by atoms with E-state index in [0.29, 0.717) is 5.69 Å². The maximum Gasteiger partial charge on any atom is 0.307 e. The summed E-state index contributed by atoms with van der Waals surface area (Å²) in [4.78, 5) is 9.95. The van der Waals surface area contributed by atoms with Gasteiger partial charge in [0, 0.05) is 5.56 Å². The van der Waals surface area contributed by atoms with Crippen LogP contribution < -0.4 is 5.73 Å². The number of nitro groups is 1. The highest BCUT2D eigenvalue weighted by Crippen LogP contribution is 2.18. The van der Waals surface area contributed by atoms with Crippen LogP contribution in [0.25, 0.3) is 5.69 Å². The second-order valence-electron chi connectivity index (χ2n) is 3.48. The number of rotatable bonds is 3. The highest BCUT2D eigenvalue weighted by molar-refractivity contribution is 5.98. The summed E-state index contributed by atoms with van der Waals surface area (Å²) in [6.45, 7) is 0. The molecule has 0 aliphatic carbocycles. The van der Waals surface area contributed by atoms with Gasteiger partial charge in [0.25, 0.3) is 0 Å². The summed E-state index contributed by atoms with van der Waals surface area (Å²) >= 11 is 0. The van der Waals surface area contributed by atoms with Crippen molar-refractivity contribution >= 4 is 11.5 Å². The van der Waals surface area contributed by atoms with Crippen LogP contribution in [-0.4, -0.2) is 20.5 Å². The van der Waals surface area contributed by atoms with Crippen LogP contribution in [0.2, 0.25) is 0 Å². The van der Waals surface area contributed by atoms with Crippen LogP contribution in [-0.2, 0) is 0 Å². The topological polar surface area (TPSA) is 111 Å². The monoisotopic (exact) mass is 249 g/mol. The molecular formula is C10H8FN5O2. The van der Waals surface area contributed by atoms with Gasteiger partial charge in [-0.05, 0) is 18.2 Å². The van der Waals surface area contributed by atoms with Gasteiger partial charge in [0.2, 0.25) is 0 Å². The van der Waals surface area contributed by atoms with Gasteiger partial charge in [-0.15, -0.1) is 0 Å². The van der Waals surface area contributed by atoms with Crippen molar-refractivity contribution in [3.8, 4) is 5.69 Å². The van der Waals surface area contributed by atoms with E-state index in [0.717, 1.165) is 18.3 Å². The lowest BCUT2D eigenvalue weighted by molar-refractivity contribution is -0.384. The number of nitrogens with two attached hydrogens (primary N) is 1. The first-order valence-corrected chi connectivity index (χ1v) is 4.82. The van der Waals surface area contributed by atoms with E-state index in [1.54, 1.807) is 0 Å². The largest absolute Gasteiger partial charge is 0.384 e. The number of nitrogens with one attached hydrogen (secondary N) is 1. The molecule has 0 saturated carbocycles. The molecule has 0 spiro atoms. The zero-order valence-electron chi connectivity index (χ0n) is 9.00. The molecular weight excluding hydrogens is 241 g/mol. The lowest BCUT2D eigenvalue weighted by Crippen LogP contribution is -2.15. The average molecular weight is 249 g/mol. The molecule has 0 unspecified atom stereocenters. The molecule has 3 N–H and O–H groups in total. The first-order chi connectivity index (χ1) is 8.49. The number of aromatic nitrogens is 2. The molecule has 0 amide bonds. The molecule has 2 aromatic rings. The zero-order valence-corrected chi connectivity index (χ0v) is 9.00. The van der Waals surface area contributed by atoms with Crippen LogP contribution in [0, 0.1) is 21.3 Å². The smallest absolute Gasteiger partial charge is 0.307 e. The number of nitrogens with zero attached hydrogens (tertiary/aromatic N) is 3. The number of hydrogen-bond donors (Lipinski definition) is 2. The zero-order chi connectivity index (χ0) is 13.3. The SMILES string of the molecule is N=C(N)c1cc(F)ccc1-n1cc([N+](=O)[O-])cn1. The summed E-state index contributed by atoms with van der Waals surface area (Å²) < 4.78 is 14.2. The van der Waals surface area contributed by atoms with Gasteiger partial charge in [-0.2, -0.15) is 5.10 Å². The maximum atomic E-state index is 13.1. The number of benzene rings is 1. The lowest BCUT2D eigenvalue weighted by Gasteiger charge is -2.07. The molecule has 92 valence electrons. The predicted molar refractivity (Wildman–Crippen MR) is 61.2 cm³/mol. The Kier molecular flexibility index (Phi) is 2.76. The Morgan fingerprint density at radius 2 is 2.28 bits per heavy atom. The van der Waals surface area contributed by atoms with Gasteiger partial charge in [0.15, 0.2) is 0 Å². The molecule has 7 nitrogen and oxygen atoms in total. The fourth-order valence-electron chi connectivity index (χ4n) is 1.46. The van der Waals surface area contributed by atoms with E-state index in [4.69, 9.17) is 11.1 Å². The van der Waals surface area contributed by atoms with Gasteiger partial charge in [-0.25, -0.2) is 9.07 Å². The minimum absolute atomic E-state index is 0.119. The van der Waals surface area contributed by atoms with Crippen LogP contribution in [0.1, 0.15) is 5.56 Å². The number of halogens is 1. The highest BCUT2D eigenvalue weighted by Gasteiger charge is 2.14. The molecule has 8 heteroatoms. The van der Waals surface area contributed by atoms with E-state index in [1.807, 2.05) is 0 Å². The second kappa shape index (κ2) is 4.24. The van der Waals surface area contributed by atoms with Crippen LogP contribution >= 0.6 is 0 Å². The van der Waals surface area contributed by atoms with Gasteiger partial charge < -0.3 is 5.73 Å². The molecule has 0 bridgehead atoms.